The van der Waals surface area contributed by atoms with Gasteiger partial charge in [0.1, 0.15) is 10.7 Å². The summed E-state index contributed by atoms with van der Waals surface area (Å²) < 4.78 is 0. The molecule has 3 heteroatoms. The van der Waals surface area contributed by atoms with E-state index in [-0.39, 0.29) is 5.66 Å². The zero-order valence-electron chi connectivity index (χ0n) is 14.5. The summed E-state index contributed by atoms with van der Waals surface area (Å²) in [5, 5.41) is 3.82. The van der Waals surface area contributed by atoms with Gasteiger partial charge < -0.3 is 10.2 Å². The van der Waals surface area contributed by atoms with Gasteiger partial charge in [0, 0.05) is 17.8 Å². The van der Waals surface area contributed by atoms with Crippen molar-refractivity contribution in [3.63, 3.8) is 0 Å². The largest absolute Gasteiger partial charge is 0.353 e. The first-order valence-corrected chi connectivity index (χ1v) is 10.1. The number of hydrogen-bond donors (Lipinski definition) is 1. The molecule has 3 aliphatic rings. The average Bonchev–Trinajstić information content (AvgIpc) is 2.64. The second-order valence-electron chi connectivity index (χ2n) is 7.65. The van der Waals surface area contributed by atoms with Crippen LogP contribution in [0.5, 0.6) is 0 Å². The third-order valence-corrected chi connectivity index (χ3v) is 6.41. The van der Waals surface area contributed by atoms with Gasteiger partial charge >= 0.3 is 0 Å². The van der Waals surface area contributed by atoms with Crippen LogP contribution in [0.1, 0.15) is 69.8 Å². The summed E-state index contributed by atoms with van der Waals surface area (Å²) in [7, 11) is 0. The highest BCUT2D eigenvalue weighted by Crippen LogP contribution is 2.40. The Morgan fingerprint density at radius 3 is 2.29 bits per heavy atom. The number of rotatable bonds is 2. The number of benzene rings is 1. The maximum absolute atomic E-state index is 5.81. The molecule has 0 aromatic heterocycles. The van der Waals surface area contributed by atoms with Crippen molar-refractivity contribution in [3.05, 3.63) is 42.1 Å². The van der Waals surface area contributed by atoms with Crippen LogP contribution in [0, 0.1) is 0 Å². The Hall–Kier alpha value is -1.35. The molecule has 0 amide bonds. The molecular formula is C21H28N2S. The number of nitrogens with zero attached hydrogens (tertiary/aromatic N) is 1. The van der Waals surface area contributed by atoms with E-state index in [9.17, 15) is 0 Å². The van der Waals surface area contributed by atoms with Gasteiger partial charge in [-0.05, 0) is 44.1 Å². The maximum Gasteiger partial charge on any atom is 0.111 e. The van der Waals surface area contributed by atoms with Crippen LogP contribution < -0.4 is 5.32 Å². The van der Waals surface area contributed by atoms with E-state index in [0.717, 1.165) is 4.99 Å². The molecular weight excluding hydrogens is 312 g/mol. The number of thiocarbonyl (C=S) groups is 1. The highest BCUT2D eigenvalue weighted by molar-refractivity contribution is 7.81. The molecule has 4 rings (SSSR count). The summed E-state index contributed by atoms with van der Waals surface area (Å²) in [5.41, 5.74) is 2.52. The lowest BCUT2D eigenvalue weighted by atomic mass is 9.82. The molecule has 1 spiro atoms. The van der Waals surface area contributed by atoms with E-state index in [1.54, 1.807) is 0 Å². The van der Waals surface area contributed by atoms with Crippen molar-refractivity contribution in [1.29, 1.82) is 0 Å². The molecule has 128 valence electrons. The molecule has 24 heavy (non-hydrogen) atoms. The quantitative estimate of drug-likeness (QED) is 0.740. The van der Waals surface area contributed by atoms with Crippen molar-refractivity contribution in [2.75, 3.05) is 0 Å². The summed E-state index contributed by atoms with van der Waals surface area (Å²) in [4.78, 5) is 3.64. The van der Waals surface area contributed by atoms with Gasteiger partial charge in [0.2, 0.25) is 0 Å². The summed E-state index contributed by atoms with van der Waals surface area (Å²) in [6, 6.07) is 11.3. The minimum absolute atomic E-state index is 0.0790. The SMILES string of the molecule is S=C1NC2(CCCCC2)N(C2CCCCC2)C=C1c1ccccc1. The van der Waals surface area contributed by atoms with Gasteiger partial charge in [-0.1, -0.05) is 68.2 Å². The van der Waals surface area contributed by atoms with Crippen molar-refractivity contribution in [2.45, 2.75) is 75.9 Å². The first kappa shape index (κ1) is 16.1. The summed E-state index contributed by atoms with van der Waals surface area (Å²) >= 11 is 5.81. The molecule has 1 heterocycles. The van der Waals surface area contributed by atoms with Crippen LogP contribution in [-0.4, -0.2) is 21.6 Å². The van der Waals surface area contributed by atoms with Crippen molar-refractivity contribution in [2.24, 2.45) is 0 Å². The predicted molar refractivity (Wildman–Crippen MR) is 105 cm³/mol. The Balaban J connectivity index is 1.72. The van der Waals surface area contributed by atoms with Crippen LogP contribution in [0.15, 0.2) is 36.5 Å². The molecule has 0 radical (unpaired) electrons. The van der Waals surface area contributed by atoms with E-state index in [4.69, 9.17) is 12.2 Å². The molecule has 1 aromatic rings. The minimum atomic E-state index is 0.0790. The molecule has 2 nitrogen and oxygen atoms in total. The van der Waals surface area contributed by atoms with Crippen LogP contribution in [0.25, 0.3) is 5.57 Å². The standard InChI is InChI=1S/C21H28N2S/c24-20-19(17-10-4-1-5-11-17)16-23(18-12-6-2-7-13-18)21(22-20)14-8-3-9-15-21/h1,4-5,10-11,16,18H,2-3,6-9,12-15H2,(H,22,24). The van der Waals surface area contributed by atoms with E-state index in [1.807, 2.05) is 0 Å². The average molecular weight is 341 g/mol. The van der Waals surface area contributed by atoms with Crippen LogP contribution in [0.2, 0.25) is 0 Å². The van der Waals surface area contributed by atoms with E-state index in [1.165, 1.54) is 75.3 Å². The van der Waals surface area contributed by atoms with Crippen molar-refractivity contribution < 1.29 is 0 Å². The van der Waals surface area contributed by atoms with Gasteiger partial charge in [-0.15, -0.1) is 0 Å². The Morgan fingerprint density at radius 2 is 1.58 bits per heavy atom. The van der Waals surface area contributed by atoms with Crippen LogP contribution in [0.3, 0.4) is 0 Å². The number of nitrogens with one attached hydrogen (secondary N) is 1. The molecule has 2 aliphatic carbocycles. The summed E-state index contributed by atoms with van der Waals surface area (Å²) in [5.74, 6) is 0. The molecule has 1 N–H and O–H groups in total. The lowest BCUT2D eigenvalue weighted by Gasteiger charge is -2.54. The van der Waals surface area contributed by atoms with E-state index >= 15 is 0 Å². The van der Waals surface area contributed by atoms with Crippen LogP contribution in [0.4, 0.5) is 0 Å². The smallest absolute Gasteiger partial charge is 0.111 e. The Bertz CT molecular complexity index is 610. The third kappa shape index (κ3) is 2.99. The maximum atomic E-state index is 5.81. The third-order valence-electron chi connectivity index (χ3n) is 6.09. The van der Waals surface area contributed by atoms with E-state index in [2.05, 4.69) is 46.7 Å². The lowest BCUT2D eigenvalue weighted by Crippen LogP contribution is -2.64. The van der Waals surface area contributed by atoms with E-state index in [0.29, 0.717) is 6.04 Å². The lowest BCUT2D eigenvalue weighted by molar-refractivity contribution is 0.0285. The fourth-order valence-electron chi connectivity index (χ4n) is 4.82. The van der Waals surface area contributed by atoms with Crippen LogP contribution >= 0.6 is 12.2 Å². The van der Waals surface area contributed by atoms with Gasteiger partial charge in [-0.3, -0.25) is 0 Å². The second kappa shape index (κ2) is 6.87. The Kier molecular flexibility index (Phi) is 4.62. The van der Waals surface area contributed by atoms with Gasteiger partial charge in [0.25, 0.3) is 0 Å². The van der Waals surface area contributed by atoms with E-state index < -0.39 is 0 Å². The Labute approximate surface area is 151 Å². The Morgan fingerprint density at radius 1 is 0.917 bits per heavy atom. The topological polar surface area (TPSA) is 15.3 Å². The molecule has 2 fully saturated rings. The predicted octanol–water partition coefficient (Wildman–Crippen LogP) is 5.25. The highest BCUT2D eigenvalue weighted by atomic mass is 32.1. The van der Waals surface area contributed by atoms with Gasteiger partial charge in [-0.2, -0.15) is 0 Å². The number of hydrogen-bond acceptors (Lipinski definition) is 2. The van der Waals surface area contributed by atoms with Gasteiger partial charge in [0.05, 0.1) is 0 Å². The van der Waals surface area contributed by atoms with Crippen molar-refractivity contribution in [1.82, 2.24) is 10.2 Å². The van der Waals surface area contributed by atoms with Gasteiger partial charge in [-0.25, -0.2) is 0 Å². The van der Waals surface area contributed by atoms with Gasteiger partial charge in [0.15, 0.2) is 0 Å². The van der Waals surface area contributed by atoms with Crippen molar-refractivity contribution in [3.8, 4) is 0 Å². The summed E-state index contributed by atoms with van der Waals surface area (Å²) in [6.07, 6.45) is 15.7. The first-order valence-electron chi connectivity index (χ1n) is 9.67. The molecule has 0 bridgehead atoms. The zero-order valence-corrected chi connectivity index (χ0v) is 15.3. The zero-order chi connectivity index (χ0) is 16.4. The molecule has 2 saturated carbocycles. The monoisotopic (exact) mass is 340 g/mol. The molecule has 1 aliphatic heterocycles. The molecule has 0 saturated heterocycles. The normalized spacial score (nSPS) is 24.6. The first-order chi connectivity index (χ1) is 11.8. The summed E-state index contributed by atoms with van der Waals surface area (Å²) in [6.45, 7) is 0. The highest BCUT2D eigenvalue weighted by Gasteiger charge is 2.43. The molecule has 1 aromatic carbocycles. The molecule has 0 unspecified atom stereocenters. The fourth-order valence-corrected chi connectivity index (χ4v) is 5.18. The molecule has 0 atom stereocenters. The van der Waals surface area contributed by atoms with Crippen LogP contribution in [-0.2, 0) is 0 Å². The van der Waals surface area contributed by atoms with Crippen molar-refractivity contribution >= 4 is 22.8 Å². The second-order valence-corrected chi connectivity index (χ2v) is 8.06. The minimum Gasteiger partial charge on any atom is -0.353 e. The fraction of sp³-hybridized carbons (Fsp3) is 0.571.